The molecule has 0 spiro atoms. The molecule has 0 aliphatic carbocycles. The van der Waals surface area contributed by atoms with Crippen LogP contribution in [0.5, 0.6) is 0 Å². The third-order valence-corrected chi connectivity index (χ3v) is 3.92. The Morgan fingerprint density at radius 2 is 2.05 bits per heavy atom. The van der Waals surface area contributed by atoms with Crippen LogP contribution in [0.15, 0.2) is 35.2 Å². The molecule has 0 saturated heterocycles. The molecule has 1 aromatic carbocycles. The fraction of sp³-hybridized carbons (Fsp3) is 0.286. The number of rotatable bonds is 4. The average Bonchev–Trinajstić information content (AvgIpc) is 2.80. The molecule has 2 rings (SSSR count). The van der Waals surface area contributed by atoms with Gasteiger partial charge in [-0.2, -0.15) is 5.10 Å². The Bertz CT molecular complexity index is 778. The molecule has 2 aromatic rings. The van der Waals surface area contributed by atoms with E-state index in [1.165, 1.54) is 16.8 Å². The van der Waals surface area contributed by atoms with E-state index in [9.17, 15) is 13.2 Å². The first-order chi connectivity index (χ1) is 9.82. The molecule has 112 valence electrons. The van der Waals surface area contributed by atoms with Gasteiger partial charge in [0.2, 0.25) is 0 Å². The number of aryl methyl sites for hydroxylation is 1. The van der Waals surface area contributed by atoms with Gasteiger partial charge in [0, 0.05) is 6.26 Å². The van der Waals surface area contributed by atoms with E-state index in [1.54, 1.807) is 32.0 Å². The number of ether oxygens (including phenoxy) is 1. The van der Waals surface area contributed by atoms with Gasteiger partial charge in [-0.3, -0.25) is 0 Å². The van der Waals surface area contributed by atoms with Gasteiger partial charge in [0.1, 0.15) is 0 Å². The molecule has 6 nitrogen and oxygen atoms in total. The number of hydrogen-bond donors (Lipinski definition) is 0. The van der Waals surface area contributed by atoms with Crippen molar-refractivity contribution in [1.29, 1.82) is 0 Å². The van der Waals surface area contributed by atoms with Gasteiger partial charge in [-0.15, -0.1) is 0 Å². The van der Waals surface area contributed by atoms with Gasteiger partial charge in [-0.05, 0) is 38.1 Å². The maximum atomic E-state index is 11.9. The Kier molecular flexibility index (Phi) is 4.13. The monoisotopic (exact) mass is 308 g/mol. The first-order valence-electron chi connectivity index (χ1n) is 6.37. The van der Waals surface area contributed by atoms with Crippen LogP contribution in [0.2, 0.25) is 0 Å². The van der Waals surface area contributed by atoms with E-state index in [-0.39, 0.29) is 17.2 Å². The summed E-state index contributed by atoms with van der Waals surface area (Å²) in [6.07, 6.45) is 1.13. The third kappa shape index (κ3) is 3.30. The quantitative estimate of drug-likeness (QED) is 0.804. The fourth-order valence-corrected chi connectivity index (χ4v) is 2.55. The van der Waals surface area contributed by atoms with Gasteiger partial charge in [-0.1, -0.05) is 6.07 Å². The van der Waals surface area contributed by atoms with E-state index in [0.29, 0.717) is 11.4 Å². The predicted octanol–water partition coefficient (Wildman–Crippen LogP) is 1.76. The van der Waals surface area contributed by atoms with Crippen molar-refractivity contribution < 1.29 is 17.9 Å². The second-order valence-electron chi connectivity index (χ2n) is 4.57. The summed E-state index contributed by atoms with van der Waals surface area (Å²) in [5.74, 6) is -0.497. The van der Waals surface area contributed by atoms with Crippen LogP contribution in [-0.2, 0) is 14.6 Å². The summed E-state index contributed by atoms with van der Waals surface area (Å²) >= 11 is 0. The summed E-state index contributed by atoms with van der Waals surface area (Å²) in [7, 11) is -3.33. The molecule has 0 bridgehead atoms. The Morgan fingerprint density at radius 1 is 1.33 bits per heavy atom. The van der Waals surface area contributed by atoms with Gasteiger partial charge in [0.15, 0.2) is 15.5 Å². The molecule has 0 atom stereocenters. The van der Waals surface area contributed by atoms with Gasteiger partial charge < -0.3 is 4.74 Å². The van der Waals surface area contributed by atoms with Crippen LogP contribution < -0.4 is 0 Å². The number of esters is 1. The van der Waals surface area contributed by atoms with Crippen LogP contribution in [0.3, 0.4) is 0 Å². The number of hydrogen-bond acceptors (Lipinski definition) is 5. The summed E-state index contributed by atoms with van der Waals surface area (Å²) in [5, 5.41) is 4.23. The van der Waals surface area contributed by atoms with Crippen molar-refractivity contribution in [2.45, 2.75) is 18.7 Å². The highest BCUT2D eigenvalue weighted by molar-refractivity contribution is 7.90. The standard InChI is InChI=1S/C14H16N2O4S/c1-4-20-14(17)13-8-10(2)15-16(13)11-6-5-7-12(9-11)21(3,18)19/h5-9H,4H2,1-3H3. The Morgan fingerprint density at radius 3 is 2.67 bits per heavy atom. The maximum absolute atomic E-state index is 11.9. The fourth-order valence-electron chi connectivity index (χ4n) is 1.89. The molecule has 0 aliphatic heterocycles. The highest BCUT2D eigenvalue weighted by Crippen LogP contribution is 2.18. The molecule has 7 heteroatoms. The van der Waals surface area contributed by atoms with Crippen molar-refractivity contribution in [3.05, 3.63) is 41.7 Å². The molecule has 21 heavy (non-hydrogen) atoms. The molecule has 0 fully saturated rings. The van der Waals surface area contributed by atoms with Gasteiger partial charge in [0.05, 0.1) is 22.9 Å². The summed E-state index contributed by atoms with van der Waals surface area (Å²) in [5.41, 5.74) is 1.40. The van der Waals surface area contributed by atoms with E-state index >= 15 is 0 Å². The number of carbonyl (C=O) groups excluding carboxylic acids is 1. The van der Waals surface area contributed by atoms with Crippen LogP contribution in [0, 0.1) is 6.92 Å². The van der Waals surface area contributed by atoms with Crippen molar-refractivity contribution in [2.75, 3.05) is 12.9 Å². The summed E-state index contributed by atoms with van der Waals surface area (Å²) in [6, 6.07) is 7.87. The average molecular weight is 308 g/mol. The second-order valence-corrected chi connectivity index (χ2v) is 6.59. The first-order valence-corrected chi connectivity index (χ1v) is 8.26. The lowest BCUT2D eigenvalue weighted by Gasteiger charge is -2.08. The number of nitrogens with zero attached hydrogens (tertiary/aromatic N) is 2. The van der Waals surface area contributed by atoms with Crippen molar-refractivity contribution in [3.63, 3.8) is 0 Å². The lowest BCUT2D eigenvalue weighted by Crippen LogP contribution is -2.12. The summed E-state index contributed by atoms with van der Waals surface area (Å²) < 4.78 is 29.6. The molecule has 0 aliphatic rings. The number of aromatic nitrogens is 2. The van der Waals surface area contributed by atoms with E-state index < -0.39 is 15.8 Å². The molecule has 1 aromatic heterocycles. The number of carbonyl (C=O) groups is 1. The summed E-state index contributed by atoms with van der Waals surface area (Å²) in [6.45, 7) is 3.72. The molecule has 0 N–H and O–H groups in total. The Hall–Kier alpha value is -2.15. The number of sulfone groups is 1. The minimum atomic E-state index is -3.33. The normalized spacial score (nSPS) is 11.4. The largest absolute Gasteiger partial charge is 0.461 e. The van der Waals surface area contributed by atoms with Gasteiger partial charge in [0.25, 0.3) is 0 Å². The Labute approximate surface area is 123 Å². The van der Waals surface area contributed by atoms with Crippen LogP contribution in [0.25, 0.3) is 5.69 Å². The van der Waals surface area contributed by atoms with E-state index in [2.05, 4.69) is 5.10 Å². The van der Waals surface area contributed by atoms with Crippen LogP contribution >= 0.6 is 0 Å². The minimum absolute atomic E-state index is 0.169. The zero-order valence-corrected chi connectivity index (χ0v) is 12.8. The van der Waals surface area contributed by atoms with Crippen molar-refractivity contribution >= 4 is 15.8 Å². The molecular formula is C14H16N2O4S. The molecular weight excluding hydrogens is 292 g/mol. The van der Waals surface area contributed by atoms with Gasteiger partial charge in [-0.25, -0.2) is 17.9 Å². The topological polar surface area (TPSA) is 78.3 Å². The minimum Gasteiger partial charge on any atom is -0.461 e. The van der Waals surface area contributed by atoms with E-state index in [1.807, 2.05) is 0 Å². The Balaban J connectivity index is 2.55. The maximum Gasteiger partial charge on any atom is 0.357 e. The highest BCUT2D eigenvalue weighted by atomic mass is 32.2. The molecule has 0 radical (unpaired) electrons. The van der Waals surface area contributed by atoms with Crippen molar-refractivity contribution in [1.82, 2.24) is 9.78 Å². The predicted molar refractivity (Wildman–Crippen MR) is 77.4 cm³/mol. The SMILES string of the molecule is CCOC(=O)c1cc(C)nn1-c1cccc(S(C)(=O)=O)c1. The molecule has 0 saturated carbocycles. The lowest BCUT2D eigenvalue weighted by atomic mass is 10.3. The lowest BCUT2D eigenvalue weighted by molar-refractivity contribution is 0.0515. The van der Waals surface area contributed by atoms with E-state index in [4.69, 9.17) is 4.74 Å². The van der Waals surface area contributed by atoms with Crippen LogP contribution in [0.4, 0.5) is 0 Å². The highest BCUT2D eigenvalue weighted by Gasteiger charge is 2.17. The van der Waals surface area contributed by atoms with Crippen LogP contribution in [-0.4, -0.2) is 37.0 Å². The molecule has 1 heterocycles. The zero-order chi connectivity index (χ0) is 15.6. The van der Waals surface area contributed by atoms with Crippen molar-refractivity contribution in [2.24, 2.45) is 0 Å². The third-order valence-electron chi connectivity index (χ3n) is 2.81. The molecule has 0 amide bonds. The number of benzene rings is 1. The van der Waals surface area contributed by atoms with Crippen LogP contribution in [0.1, 0.15) is 23.1 Å². The first kappa shape index (κ1) is 15.2. The second kappa shape index (κ2) is 5.69. The van der Waals surface area contributed by atoms with Gasteiger partial charge >= 0.3 is 5.97 Å². The summed E-state index contributed by atoms with van der Waals surface area (Å²) in [4.78, 5) is 12.1. The van der Waals surface area contributed by atoms with Crippen molar-refractivity contribution in [3.8, 4) is 5.69 Å². The zero-order valence-electron chi connectivity index (χ0n) is 12.0. The molecule has 0 unspecified atom stereocenters. The smallest absolute Gasteiger partial charge is 0.357 e. The van der Waals surface area contributed by atoms with E-state index in [0.717, 1.165) is 6.26 Å².